The van der Waals surface area contributed by atoms with Crippen LogP contribution in [0.3, 0.4) is 0 Å². The zero-order chi connectivity index (χ0) is 22.6. The zero-order valence-electron chi connectivity index (χ0n) is 18.5. The highest BCUT2D eigenvalue weighted by molar-refractivity contribution is 7.99. The van der Waals surface area contributed by atoms with Gasteiger partial charge in [-0.3, -0.25) is 9.59 Å². The highest BCUT2D eigenvalue weighted by Gasteiger charge is 2.33. The minimum Gasteiger partial charge on any atom is -0.485 e. The number of hydrogen-bond donors (Lipinski definition) is 0. The number of hydrogen-bond acceptors (Lipinski definition) is 8. The van der Waals surface area contributed by atoms with Crippen LogP contribution in [0.2, 0.25) is 0 Å². The maximum absolute atomic E-state index is 12.9. The number of thioether (sulfide) groups is 1. The van der Waals surface area contributed by atoms with E-state index in [4.69, 9.17) is 13.9 Å². The molecule has 176 valence electrons. The van der Waals surface area contributed by atoms with Gasteiger partial charge in [0.25, 0.3) is 11.1 Å². The van der Waals surface area contributed by atoms with Gasteiger partial charge in [0.1, 0.15) is 6.61 Å². The fourth-order valence-electron chi connectivity index (χ4n) is 4.53. The number of carbonyl (C=O) groups excluding carboxylic acids is 2. The number of rotatable bonds is 5. The number of aromatic nitrogens is 2. The van der Waals surface area contributed by atoms with Crippen molar-refractivity contribution in [3.05, 3.63) is 30.2 Å². The number of carbonyl (C=O) groups is 2. The molecule has 0 N–H and O–H groups in total. The first kappa shape index (κ1) is 22.1. The summed E-state index contributed by atoms with van der Waals surface area (Å²) in [4.78, 5) is 29.1. The molecule has 10 heteroatoms. The van der Waals surface area contributed by atoms with Gasteiger partial charge in [0.2, 0.25) is 17.9 Å². The molecule has 9 nitrogen and oxygen atoms in total. The molecule has 1 aromatic carbocycles. The first-order chi connectivity index (χ1) is 16.2. The van der Waals surface area contributed by atoms with E-state index >= 15 is 0 Å². The Kier molecular flexibility index (Phi) is 6.70. The predicted molar refractivity (Wildman–Crippen MR) is 120 cm³/mol. The van der Waals surface area contributed by atoms with Crippen molar-refractivity contribution in [2.45, 2.75) is 49.3 Å². The number of fused-ring (bicyclic) bond motifs is 1. The molecule has 2 fully saturated rings. The van der Waals surface area contributed by atoms with Gasteiger partial charge in [0.15, 0.2) is 11.5 Å². The summed E-state index contributed by atoms with van der Waals surface area (Å²) in [5.74, 6) is 2.45. The Balaban J connectivity index is 1.07. The molecular weight excluding hydrogens is 444 g/mol. The standard InChI is InChI=1S/C23H28N4O5S/c28-20(15-33-23-25-24-21(32-23)16-6-2-1-3-7-16)26-10-12-27(13-11-26)22(29)19-14-30-17-8-4-5-9-18(17)31-19/h4-5,8-9,16,19H,1-3,6-7,10-15H2/t19-/m0/s1. The summed E-state index contributed by atoms with van der Waals surface area (Å²) in [6.07, 6.45) is 5.21. The third-order valence-corrected chi connectivity index (χ3v) is 7.23. The summed E-state index contributed by atoms with van der Waals surface area (Å²) in [6, 6.07) is 7.34. The van der Waals surface area contributed by atoms with Crippen LogP contribution in [0.25, 0.3) is 0 Å². The average molecular weight is 473 g/mol. The summed E-state index contributed by atoms with van der Waals surface area (Å²) < 4.78 is 17.3. The quantitative estimate of drug-likeness (QED) is 0.613. The van der Waals surface area contributed by atoms with Crippen molar-refractivity contribution in [3.8, 4) is 11.5 Å². The van der Waals surface area contributed by atoms with Gasteiger partial charge in [-0.1, -0.05) is 43.2 Å². The minimum absolute atomic E-state index is 0.00990. The van der Waals surface area contributed by atoms with Gasteiger partial charge in [0, 0.05) is 32.1 Å². The second-order valence-electron chi connectivity index (χ2n) is 8.60. The van der Waals surface area contributed by atoms with Gasteiger partial charge >= 0.3 is 0 Å². The second-order valence-corrected chi connectivity index (χ2v) is 9.53. The summed E-state index contributed by atoms with van der Waals surface area (Å²) in [5.41, 5.74) is 0. The maximum atomic E-state index is 12.9. The van der Waals surface area contributed by atoms with Crippen molar-refractivity contribution >= 4 is 23.6 Å². The Morgan fingerprint density at radius 2 is 1.70 bits per heavy atom. The van der Waals surface area contributed by atoms with Crippen LogP contribution in [0.15, 0.2) is 33.9 Å². The molecule has 0 bridgehead atoms. The van der Waals surface area contributed by atoms with Crippen LogP contribution in [-0.2, 0) is 9.59 Å². The Morgan fingerprint density at radius 1 is 0.970 bits per heavy atom. The fraction of sp³-hybridized carbons (Fsp3) is 0.565. The summed E-state index contributed by atoms with van der Waals surface area (Å²) in [7, 11) is 0. The van der Waals surface area contributed by atoms with Crippen LogP contribution in [-0.4, -0.2) is 76.5 Å². The lowest BCUT2D eigenvalue weighted by Crippen LogP contribution is -2.55. The van der Waals surface area contributed by atoms with Crippen LogP contribution < -0.4 is 9.47 Å². The smallest absolute Gasteiger partial charge is 0.277 e. The third kappa shape index (κ3) is 5.10. The minimum atomic E-state index is -0.659. The molecule has 0 radical (unpaired) electrons. The monoisotopic (exact) mass is 472 g/mol. The van der Waals surface area contributed by atoms with Crippen LogP contribution in [0, 0.1) is 0 Å². The molecule has 1 saturated heterocycles. The lowest BCUT2D eigenvalue weighted by molar-refractivity contribution is -0.145. The Labute approximate surface area is 196 Å². The van der Waals surface area contributed by atoms with E-state index in [-0.39, 0.29) is 24.2 Å². The van der Waals surface area contributed by atoms with Crippen molar-refractivity contribution in [2.24, 2.45) is 0 Å². The van der Waals surface area contributed by atoms with Gasteiger partial charge in [0.05, 0.1) is 5.75 Å². The molecular formula is C23H28N4O5S. The molecule has 0 spiro atoms. The lowest BCUT2D eigenvalue weighted by Gasteiger charge is -2.37. The number of piperazine rings is 1. The van der Waals surface area contributed by atoms with Crippen LogP contribution in [0.4, 0.5) is 0 Å². The molecule has 1 aliphatic carbocycles. The van der Waals surface area contributed by atoms with E-state index < -0.39 is 6.10 Å². The zero-order valence-corrected chi connectivity index (χ0v) is 19.3. The van der Waals surface area contributed by atoms with Crippen molar-refractivity contribution < 1.29 is 23.5 Å². The largest absolute Gasteiger partial charge is 0.485 e. The normalized spacial score (nSPS) is 21.2. The SMILES string of the molecule is O=C(CSc1nnc(C2CCCCC2)o1)N1CCN(C(=O)[C@@H]2COc3ccccc3O2)CC1. The van der Waals surface area contributed by atoms with Gasteiger partial charge < -0.3 is 23.7 Å². The molecule has 1 aromatic heterocycles. The van der Waals surface area contributed by atoms with Gasteiger partial charge in [-0.15, -0.1) is 10.2 Å². The Morgan fingerprint density at radius 3 is 2.48 bits per heavy atom. The van der Waals surface area contributed by atoms with Gasteiger partial charge in [-0.2, -0.15) is 0 Å². The van der Waals surface area contributed by atoms with E-state index in [0.29, 0.717) is 54.7 Å². The third-order valence-electron chi connectivity index (χ3n) is 6.42. The lowest BCUT2D eigenvalue weighted by atomic mass is 9.89. The summed E-state index contributed by atoms with van der Waals surface area (Å²) >= 11 is 1.28. The van der Waals surface area contributed by atoms with Crippen LogP contribution in [0.5, 0.6) is 11.5 Å². The molecule has 1 atom stereocenters. The highest BCUT2D eigenvalue weighted by Crippen LogP contribution is 2.33. The number of nitrogens with zero attached hydrogens (tertiary/aromatic N) is 4. The van der Waals surface area contributed by atoms with Crippen molar-refractivity contribution in [1.82, 2.24) is 20.0 Å². The van der Waals surface area contributed by atoms with Crippen molar-refractivity contribution in [2.75, 3.05) is 38.5 Å². The van der Waals surface area contributed by atoms with Crippen molar-refractivity contribution in [1.29, 1.82) is 0 Å². The maximum Gasteiger partial charge on any atom is 0.277 e. The molecule has 0 unspecified atom stereocenters. The predicted octanol–water partition coefficient (Wildman–Crippen LogP) is 2.72. The number of ether oxygens (including phenoxy) is 2. The Bertz CT molecular complexity index is 985. The topological polar surface area (TPSA) is 98.0 Å². The molecule has 2 aromatic rings. The number of benzene rings is 1. The van der Waals surface area contributed by atoms with Crippen LogP contribution >= 0.6 is 11.8 Å². The van der Waals surface area contributed by atoms with E-state index in [1.807, 2.05) is 18.2 Å². The summed E-state index contributed by atoms with van der Waals surface area (Å²) in [5, 5.41) is 8.75. The van der Waals surface area contributed by atoms with E-state index in [1.54, 1.807) is 15.9 Å². The number of para-hydroxylation sites is 2. The molecule has 3 aliphatic rings. The molecule has 1 saturated carbocycles. The molecule has 2 aliphatic heterocycles. The molecule has 5 rings (SSSR count). The van der Waals surface area contributed by atoms with Gasteiger partial charge in [-0.25, -0.2) is 0 Å². The Hall–Kier alpha value is -2.75. The van der Waals surface area contributed by atoms with E-state index in [9.17, 15) is 9.59 Å². The molecule has 2 amide bonds. The molecule has 33 heavy (non-hydrogen) atoms. The molecule has 3 heterocycles. The van der Waals surface area contributed by atoms with E-state index in [0.717, 1.165) is 12.8 Å². The average Bonchev–Trinajstić information content (AvgIpc) is 3.36. The highest BCUT2D eigenvalue weighted by atomic mass is 32.2. The first-order valence-electron chi connectivity index (χ1n) is 11.6. The van der Waals surface area contributed by atoms with Crippen LogP contribution in [0.1, 0.15) is 43.9 Å². The van der Waals surface area contributed by atoms with E-state index in [2.05, 4.69) is 10.2 Å². The fourth-order valence-corrected chi connectivity index (χ4v) is 5.20. The first-order valence-corrected chi connectivity index (χ1v) is 12.6. The summed E-state index contributed by atoms with van der Waals surface area (Å²) in [6.45, 7) is 2.13. The van der Waals surface area contributed by atoms with E-state index in [1.165, 1.54) is 31.0 Å². The van der Waals surface area contributed by atoms with Crippen molar-refractivity contribution in [3.63, 3.8) is 0 Å². The number of amides is 2. The second kappa shape index (κ2) is 10.0. The van der Waals surface area contributed by atoms with Gasteiger partial charge in [-0.05, 0) is 25.0 Å².